The minimum absolute atomic E-state index is 0.129. The molecular formula is C16H20N2O2S. The fourth-order valence-electron chi connectivity index (χ4n) is 3.16. The van der Waals surface area contributed by atoms with Gasteiger partial charge in [-0.05, 0) is 37.8 Å². The van der Waals surface area contributed by atoms with E-state index in [0.29, 0.717) is 19.7 Å². The van der Waals surface area contributed by atoms with Crippen molar-refractivity contribution in [2.24, 2.45) is 5.73 Å². The van der Waals surface area contributed by atoms with Crippen LogP contribution in [0.4, 0.5) is 0 Å². The first kappa shape index (κ1) is 14.6. The number of morpholine rings is 1. The third-order valence-electron chi connectivity index (χ3n) is 4.18. The molecule has 2 N–H and O–H groups in total. The van der Waals surface area contributed by atoms with Gasteiger partial charge in [0, 0.05) is 6.54 Å². The maximum atomic E-state index is 12.8. The first-order valence-electron chi connectivity index (χ1n) is 7.42. The molecule has 2 heterocycles. The van der Waals surface area contributed by atoms with Crippen molar-refractivity contribution in [1.82, 2.24) is 4.90 Å². The molecule has 1 saturated carbocycles. The highest BCUT2D eigenvalue weighted by atomic mass is 32.1. The number of nitrogens with two attached hydrogens (primary N) is 1. The minimum atomic E-state index is 0.129. The Labute approximate surface area is 129 Å². The first-order valence-corrected chi connectivity index (χ1v) is 8.24. The number of hydrogen-bond donors (Lipinski definition) is 1. The fraction of sp³-hybridized carbons (Fsp3) is 0.562. The normalized spacial score (nSPS) is 24.4. The van der Waals surface area contributed by atoms with E-state index >= 15 is 0 Å². The van der Waals surface area contributed by atoms with Crippen LogP contribution in [0.15, 0.2) is 6.07 Å². The lowest BCUT2D eigenvalue weighted by Gasteiger charge is -2.37. The monoisotopic (exact) mass is 304 g/mol. The second-order valence-electron chi connectivity index (χ2n) is 5.53. The number of amides is 1. The van der Waals surface area contributed by atoms with Gasteiger partial charge in [0.1, 0.15) is 0 Å². The molecular weight excluding hydrogens is 284 g/mol. The molecule has 1 aliphatic heterocycles. The molecule has 1 amide bonds. The van der Waals surface area contributed by atoms with Crippen LogP contribution in [0.2, 0.25) is 0 Å². The molecule has 5 heteroatoms. The molecule has 2 unspecified atom stereocenters. The molecule has 0 spiro atoms. The van der Waals surface area contributed by atoms with Gasteiger partial charge in [0.15, 0.2) is 0 Å². The molecule has 1 aliphatic carbocycles. The van der Waals surface area contributed by atoms with E-state index in [-0.39, 0.29) is 18.1 Å². The predicted octanol–water partition coefficient (Wildman–Crippen LogP) is 1.76. The predicted molar refractivity (Wildman–Crippen MR) is 83.4 cm³/mol. The lowest BCUT2D eigenvalue weighted by molar-refractivity contribution is -0.0443. The van der Waals surface area contributed by atoms with Gasteiger partial charge in [-0.25, -0.2) is 0 Å². The standard InChI is InChI=1S/C16H20N2O2S/c1-11-10-15(21-14(11)6-3-7-17)16(19)18-8-9-20-13-5-2-4-12(13)18/h10,12-13H,2,4-5,7-9,17H2,1H3. The fourth-order valence-corrected chi connectivity index (χ4v) is 4.17. The van der Waals surface area contributed by atoms with Gasteiger partial charge in [0.2, 0.25) is 0 Å². The van der Waals surface area contributed by atoms with Crippen molar-refractivity contribution in [2.45, 2.75) is 38.3 Å². The van der Waals surface area contributed by atoms with E-state index in [9.17, 15) is 4.79 Å². The molecule has 0 bridgehead atoms. The Morgan fingerprint density at radius 2 is 2.43 bits per heavy atom. The van der Waals surface area contributed by atoms with Crippen molar-refractivity contribution in [3.63, 3.8) is 0 Å². The zero-order valence-corrected chi connectivity index (χ0v) is 13.0. The van der Waals surface area contributed by atoms with E-state index in [1.807, 2.05) is 17.9 Å². The zero-order valence-electron chi connectivity index (χ0n) is 12.2. The maximum absolute atomic E-state index is 12.8. The molecule has 3 rings (SSSR count). The Morgan fingerprint density at radius 3 is 3.24 bits per heavy atom. The number of nitrogens with zero attached hydrogens (tertiary/aromatic N) is 1. The number of aryl methyl sites for hydroxylation is 1. The average molecular weight is 304 g/mol. The van der Waals surface area contributed by atoms with Crippen molar-refractivity contribution < 1.29 is 9.53 Å². The highest BCUT2D eigenvalue weighted by molar-refractivity contribution is 7.14. The molecule has 2 atom stereocenters. The molecule has 0 aromatic carbocycles. The third-order valence-corrected chi connectivity index (χ3v) is 5.32. The van der Waals surface area contributed by atoms with E-state index < -0.39 is 0 Å². The van der Waals surface area contributed by atoms with Crippen LogP contribution in [0.1, 0.15) is 39.4 Å². The second kappa shape index (κ2) is 6.18. The first-order chi connectivity index (χ1) is 10.2. The summed E-state index contributed by atoms with van der Waals surface area (Å²) in [6.07, 6.45) is 3.52. The summed E-state index contributed by atoms with van der Waals surface area (Å²) >= 11 is 1.47. The summed E-state index contributed by atoms with van der Waals surface area (Å²) in [5.74, 6) is 6.03. The lowest BCUT2D eigenvalue weighted by Crippen LogP contribution is -2.51. The Hall–Kier alpha value is -1.35. The minimum Gasteiger partial charge on any atom is -0.374 e. The van der Waals surface area contributed by atoms with Gasteiger partial charge >= 0.3 is 0 Å². The summed E-state index contributed by atoms with van der Waals surface area (Å²) in [5.41, 5.74) is 6.47. The highest BCUT2D eigenvalue weighted by Crippen LogP contribution is 2.32. The Kier molecular flexibility index (Phi) is 4.29. The van der Waals surface area contributed by atoms with Crippen LogP contribution in [0.3, 0.4) is 0 Å². The van der Waals surface area contributed by atoms with Gasteiger partial charge in [0.25, 0.3) is 5.91 Å². The second-order valence-corrected chi connectivity index (χ2v) is 6.59. The zero-order chi connectivity index (χ0) is 14.8. The Balaban J connectivity index is 1.81. The van der Waals surface area contributed by atoms with Crippen LogP contribution < -0.4 is 5.73 Å². The lowest BCUT2D eigenvalue weighted by atomic mass is 10.1. The van der Waals surface area contributed by atoms with Crippen LogP contribution in [0.25, 0.3) is 0 Å². The molecule has 1 aromatic rings. The Bertz CT molecular complexity index is 599. The number of carbonyl (C=O) groups is 1. The van der Waals surface area contributed by atoms with Crippen molar-refractivity contribution in [3.05, 3.63) is 21.4 Å². The molecule has 2 aliphatic rings. The van der Waals surface area contributed by atoms with Crippen molar-refractivity contribution in [2.75, 3.05) is 19.7 Å². The Morgan fingerprint density at radius 1 is 1.57 bits per heavy atom. The SMILES string of the molecule is Cc1cc(C(=O)N2CCOC3CCCC32)sc1C#CCN. The average Bonchev–Trinajstić information content (AvgIpc) is 3.10. The van der Waals surface area contributed by atoms with E-state index in [4.69, 9.17) is 10.5 Å². The van der Waals surface area contributed by atoms with Gasteiger partial charge in [-0.1, -0.05) is 11.8 Å². The van der Waals surface area contributed by atoms with Gasteiger partial charge in [0.05, 0.1) is 35.1 Å². The van der Waals surface area contributed by atoms with Crippen LogP contribution in [0, 0.1) is 18.8 Å². The maximum Gasteiger partial charge on any atom is 0.264 e. The van der Waals surface area contributed by atoms with Gasteiger partial charge in [-0.3, -0.25) is 4.79 Å². The summed E-state index contributed by atoms with van der Waals surface area (Å²) < 4.78 is 5.77. The number of fused-ring (bicyclic) bond motifs is 1. The number of carbonyl (C=O) groups excluding carboxylic acids is 1. The number of hydrogen-bond acceptors (Lipinski definition) is 4. The van der Waals surface area contributed by atoms with E-state index in [0.717, 1.165) is 34.6 Å². The topological polar surface area (TPSA) is 55.6 Å². The van der Waals surface area contributed by atoms with Crippen molar-refractivity contribution in [1.29, 1.82) is 0 Å². The summed E-state index contributed by atoms with van der Waals surface area (Å²) in [6, 6.07) is 2.21. The molecule has 4 nitrogen and oxygen atoms in total. The van der Waals surface area contributed by atoms with Gasteiger partial charge in [-0.15, -0.1) is 11.3 Å². The molecule has 1 aromatic heterocycles. The van der Waals surface area contributed by atoms with Crippen LogP contribution >= 0.6 is 11.3 Å². The number of thiophene rings is 1. The van der Waals surface area contributed by atoms with Crippen LogP contribution in [0.5, 0.6) is 0 Å². The van der Waals surface area contributed by atoms with Crippen molar-refractivity contribution >= 4 is 17.2 Å². The molecule has 0 radical (unpaired) electrons. The van der Waals surface area contributed by atoms with E-state index in [2.05, 4.69) is 11.8 Å². The summed E-state index contributed by atoms with van der Waals surface area (Å²) in [4.78, 5) is 16.5. The highest BCUT2D eigenvalue weighted by Gasteiger charge is 2.39. The number of rotatable bonds is 1. The summed E-state index contributed by atoms with van der Waals surface area (Å²) in [6.45, 7) is 3.68. The molecule has 2 fully saturated rings. The number of ether oxygens (including phenoxy) is 1. The van der Waals surface area contributed by atoms with E-state index in [1.165, 1.54) is 11.3 Å². The summed E-state index contributed by atoms with van der Waals surface area (Å²) in [7, 11) is 0. The largest absolute Gasteiger partial charge is 0.374 e. The molecule has 21 heavy (non-hydrogen) atoms. The smallest absolute Gasteiger partial charge is 0.264 e. The quantitative estimate of drug-likeness (QED) is 0.804. The molecule has 112 valence electrons. The van der Waals surface area contributed by atoms with Crippen molar-refractivity contribution in [3.8, 4) is 11.8 Å². The third kappa shape index (κ3) is 2.84. The molecule has 1 saturated heterocycles. The van der Waals surface area contributed by atoms with Crippen LogP contribution in [-0.4, -0.2) is 42.6 Å². The summed E-state index contributed by atoms with van der Waals surface area (Å²) in [5, 5.41) is 0. The van der Waals surface area contributed by atoms with Crippen LogP contribution in [-0.2, 0) is 4.74 Å². The van der Waals surface area contributed by atoms with Gasteiger partial charge in [-0.2, -0.15) is 0 Å². The van der Waals surface area contributed by atoms with E-state index in [1.54, 1.807) is 0 Å². The van der Waals surface area contributed by atoms with Gasteiger partial charge < -0.3 is 15.4 Å².